The second-order valence-corrected chi connectivity index (χ2v) is 11.9. The average Bonchev–Trinajstić information content (AvgIpc) is 3.31. The summed E-state index contributed by atoms with van der Waals surface area (Å²) in [7, 11) is 2.21. The maximum Gasteiger partial charge on any atom is 0.253 e. The lowest BCUT2D eigenvalue weighted by molar-refractivity contribution is -0.891. The summed E-state index contributed by atoms with van der Waals surface area (Å²) >= 11 is 2.88. The second kappa shape index (κ2) is 10.3. The third-order valence-corrected chi connectivity index (χ3v) is 9.41. The van der Waals surface area contributed by atoms with Gasteiger partial charge in [0, 0.05) is 23.5 Å². The molecule has 2 atom stereocenters. The molecule has 2 fully saturated rings. The Labute approximate surface area is 219 Å². The Bertz CT molecular complexity index is 1270. The predicted molar refractivity (Wildman–Crippen MR) is 141 cm³/mol. The van der Waals surface area contributed by atoms with Gasteiger partial charge in [0.15, 0.2) is 0 Å². The molecule has 0 bridgehead atoms. The van der Waals surface area contributed by atoms with Gasteiger partial charge in [0.2, 0.25) is 5.91 Å². The molecule has 1 N–H and O–H groups in total. The van der Waals surface area contributed by atoms with E-state index in [9.17, 15) is 19.5 Å². The molecule has 0 saturated carbocycles. The molecule has 7 nitrogen and oxygen atoms in total. The molecule has 2 amide bonds. The fourth-order valence-corrected chi connectivity index (χ4v) is 7.19. The normalized spacial score (nSPS) is 23.1. The maximum atomic E-state index is 12.9. The van der Waals surface area contributed by atoms with Crippen LogP contribution in [0.4, 0.5) is 0 Å². The number of β-lactam (4-membered cyclic amide) rings is 1. The number of likely N-dealkylation sites (tertiary alicyclic amines) is 1. The summed E-state index contributed by atoms with van der Waals surface area (Å²) in [6.07, 6.45) is 6.27. The molecule has 3 aliphatic heterocycles. The first-order chi connectivity index (χ1) is 17.3. The van der Waals surface area contributed by atoms with Crippen molar-refractivity contribution in [1.29, 1.82) is 0 Å². The molecule has 2 aromatic rings. The van der Waals surface area contributed by atoms with Crippen LogP contribution in [0.15, 0.2) is 70.8 Å². The summed E-state index contributed by atoms with van der Waals surface area (Å²) in [5.41, 5.74) is 0.521. The van der Waals surface area contributed by atoms with Gasteiger partial charge in [-0.25, -0.2) is 0 Å². The fourth-order valence-electron chi connectivity index (χ4n) is 5.11. The van der Waals surface area contributed by atoms with Gasteiger partial charge < -0.3 is 19.7 Å². The van der Waals surface area contributed by atoms with Gasteiger partial charge in [0.1, 0.15) is 11.4 Å². The first-order valence-electron chi connectivity index (χ1n) is 12.1. The van der Waals surface area contributed by atoms with Crippen LogP contribution in [-0.4, -0.2) is 76.8 Å². The predicted octanol–water partition coefficient (Wildman–Crippen LogP) is 2.13. The average molecular weight is 524 g/mol. The highest BCUT2D eigenvalue weighted by molar-refractivity contribution is 8.00. The van der Waals surface area contributed by atoms with Gasteiger partial charge >= 0.3 is 0 Å². The minimum Gasteiger partial charge on any atom is -0.543 e. The van der Waals surface area contributed by atoms with Crippen LogP contribution >= 0.6 is 23.5 Å². The van der Waals surface area contributed by atoms with Crippen LogP contribution in [0.5, 0.6) is 0 Å². The van der Waals surface area contributed by atoms with Crippen molar-refractivity contribution < 1.29 is 24.0 Å². The number of nitrogens with zero attached hydrogens (tertiary/aromatic N) is 2. The number of hydrogen-bond donors (Lipinski definition) is 1. The summed E-state index contributed by atoms with van der Waals surface area (Å²) in [4.78, 5) is 39.7. The molecule has 2 aromatic carbocycles. The number of aliphatic carboxylic acids is 1. The minimum atomic E-state index is -1.36. The molecular formula is C27H29N3O4S2. The number of hydrogen-bond acceptors (Lipinski definition) is 6. The van der Waals surface area contributed by atoms with Crippen molar-refractivity contribution >= 4 is 52.1 Å². The quantitative estimate of drug-likeness (QED) is 0.324. The van der Waals surface area contributed by atoms with Crippen molar-refractivity contribution in [3.05, 3.63) is 65.9 Å². The van der Waals surface area contributed by atoms with Crippen LogP contribution in [0, 0.1) is 0 Å². The number of carbonyl (C=O) groups is 3. The Balaban J connectivity index is 1.20. The van der Waals surface area contributed by atoms with E-state index >= 15 is 0 Å². The molecule has 9 heteroatoms. The number of likely N-dealkylation sites (N-methyl/N-ethyl adjacent to an activating group) is 1. The third-order valence-electron chi connectivity index (χ3n) is 7.11. The summed E-state index contributed by atoms with van der Waals surface area (Å²) < 4.78 is 0.953. The Morgan fingerprint density at radius 3 is 2.69 bits per heavy atom. The van der Waals surface area contributed by atoms with E-state index in [0.29, 0.717) is 11.3 Å². The first-order valence-corrected chi connectivity index (χ1v) is 14.2. The summed E-state index contributed by atoms with van der Waals surface area (Å²) in [5.74, 6) is -1.38. The smallest absolute Gasteiger partial charge is 0.253 e. The second-order valence-electron chi connectivity index (χ2n) is 9.77. The number of amides is 2. The van der Waals surface area contributed by atoms with E-state index in [-0.39, 0.29) is 17.4 Å². The number of allylic oxidation sites excluding steroid dienone is 1. The van der Waals surface area contributed by atoms with Crippen molar-refractivity contribution in [1.82, 2.24) is 10.2 Å². The molecule has 3 heterocycles. The van der Waals surface area contributed by atoms with Crippen LogP contribution in [0.3, 0.4) is 0 Å². The molecule has 0 spiro atoms. The van der Waals surface area contributed by atoms with E-state index in [1.807, 2.05) is 54.6 Å². The highest BCUT2D eigenvalue weighted by Crippen LogP contribution is 2.40. The van der Waals surface area contributed by atoms with Crippen LogP contribution in [-0.2, 0) is 14.4 Å². The number of quaternary nitrogens is 1. The number of carboxylic acids is 1. The highest BCUT2D eigenvalue weighted by Gasteiger charge is 2.52. The van der Waals surface area contributed by atoms with Crippen molar-refractivity contribution in [3.63, 3.8) is 0 Å². The van der Waals surface area contributed by atoms with Gasteiger partial charge in [0.25, 0.3) is 5.91 Å². The number of nitrogens with one attached hydrogen (secondary N) is 1. The van der Waals surface area contributed by atoms with Crippen molar-refractivity contribution in [2.75, 3.05) is 38.2 Å². The van der Waals surface area contributed by atoms with Gasteiger partial charge in [-0.05, 0) is 34.6 Å². The minimum absolute atomic E-state index is 0.0693. The lowest BCUT2D eigenvalue weighted by Gasteiger charge is -2.50. The van der Waals surface area contributed by atoms with E-state index in [1.54, 1.807) is 0 Å². The zero-order chi connectivity index (χ0) is 25.3. The number of carbonyl (C=O) groups excluding carboxylic acids is 3. The molecule has 0 radical (unpaired) electrons. The molecule has 5 rings (SSSR count). The summed E-state index contributed by atoms with van der Waals surface area (Å²) in [6.45, 7) is 3.08. The van der Waals surface area contributed by atoms with E-state index in [4.69, 9.17) is 0 Å². The zero-order valence-corrected chi connectivity index (χ0v) is 21.8. The number of benzene rings is 2. The summed E-state index contributed by atoms with van der Waals surface area (Å²) in [5, 5.41) is 16.6. The van der Waals surface area contributed by atoms with E-state index < -0.39 is 23.3 Å². The Kier molecular flexibility index (Phi) is 7.14. The molecule has 36 heavy (non-hydrogen) atoms. The number of fused-ring (bicyclic) bond motifs is 2. The van der Waals surface area contributed by atoms with Gasteiger partial charge in [-0.15, -0.1) is 23.5 Å². The van der Waals surface area contributed by atoms with E-state index in [0.717, 1.165) is 39.8 Å². The lowest BCUT2D eigenvalue weighted by Crippen LogP contribution is -2.71. The van der Waals surface area contributed by atoms with Crippen molar-refractivity contribution in [2.24, 2.45) is 0 Å². The van der Waals surface area contributed by atoms with Gasteiger partial charge in [-0.1, -0.05) is 36.4 Å². The van der Waals surface area contributed by atoms with Gasteiger partial charge in [-0.3, -0.25) is 14.5 Å². The van der Waals surface area contributed by atoms with Crippen LogP contribution in [0.1, 0.15) is 12.8 Å². The third kappa shape index (κ3) is 5.05. The molecular weight excluding hydrogens is 494 g/mol. The van der Waals surface area contributed by atoms with Crippen LogP contribution < -0.4 is 10.4 Å². The number of carboxylic acid groups (broad SMARTS) is 1. The highest BCUT2D eigenvalue weighted by atomic mass is 32.2. The molecule has 0 aromatic heterocycles. The molecule has 188 valence electrons. The maximum absolute atomic E-state index is 12.9. The first kappa shape index (κ1) is 24.9. The monoisotopic (exact) mass is 523 g/mol. The number of rotatable bonds is 8. The van der Waals surface area contributed by atoms with Crippen molar-refractivity contribution in [3.8, 4) is 0 Å². The topological polar surface area (TPSA) is 89.5 Å². The van der Waals surface area contributed by atoms with Gasteiger partial charge in [-0.2, -0.15) is 0 Å². The zero-order valence-electron chi connectivity index (χ0n) is 20.1. The largest absolute Gasteiger partial charge is 0.543 e. The Hall–Kier alpha value is -2.75. The molecule has 3 aliphatic rings. The Morgan fingerprint density at radius 1 is 1.19 bits per heavy atom. The summed E-state index contributed by atoms with van der Waals surface area (Å²) in [6, 6.07) is 13.3. The molecule has 0 aliphatic carbocycles. The van der Waals surface area contributed by atoms with E-state index in [1.165, 1.54) is 41.3 Å². The van der Waals surface area contributed by atoms with Crippen molar-refractivity contribution in [2.45, 2.75) is 29.2 Å². The molecule has 2 saturated heterocycles. The molecule has 2 unspecified atom stereocenters. The van der Waals surface area contributed by atoms with Crippen LogP contribution in [0.25, 0.3) is 10.8 Å². The fraction of sp³-hybridized carbons (Fsp3) is 0.370. The standard InChI is InChI=1S/C27H29N3O4S2/c1-30(12-4-5-13-30)14-6-9-20-16-36-26-23(25(32)29(26)24(20)27(33)34)28-22(31)17-35-21-11-10-18-7-2-3-8-19(18)15-21/h2-3,6-11,15,23,26H,4-5,12-14,16-17H2,1H3,(H-,28,31,33,34)/b9-6+. The lowest BCUT2D eigenvalue weighted by atomic mass is 10.0. The van der Waals surface area contributed by atoms with E-state index in [2.05, 4.69) is 12.4 Å². The number of thioether (sulfide) groups is 2. The van der Waals surface area contributed by atoms with Gasteiger partial charge in [0.05, 0.1) is 44.1 Å². The Morgan fingerprint density at radius 2 is 1.94 bits per heavy atom. The SMILES string of the molecule is C[N+]1(C/C=C/C2=C(C(=O)[O-])N3C(=O)C(NC(=O)CSc4ccc5ccccc5c4)C3SC2)CCCC1. The van der Waals surface area contributed by atoms with Crippen LogP contribution in [0.2, 0.25) is 0 Å².